The number of fused-ring (bicyclic) bond motifs is 1. The highest BCUT2D eigenvalue weighted by Gasteiger charge is 2.45. The van der Waals surface area contributed by atoms with Gasteiger partial charge in [-0.2, -0.15) is 4.31 Å². The van der Waals surface area contributed by atoms with Gasteiger partial charge in [0.25, 0.3) is 15.9 Å². The van der Waals surface area contributed by atoms with E-state index in [9.17, 15) is 18.0 Å². The average molecular weight is 458 g/mol. The van der Waals surface area contributed by atoms with Crippen LogP contribution in [-0.4, -0.2) is 50.2 Å². The first-order chi connectivity index (χ1) is 15.4. The maximum atomic E-state index is 13.0. The molecule has 1 saturated heterocycles. The van der Waals surface area contributed by atoms with Crippen molar-refractivity contribution in [2.45, 2.75) is 30.4 Å². The van der Waals surface area contributed by atoms with Crippen LogP contribution in [-0.2, 0) is 21.2 Å². The van der Waals surface area contributed by atoms with Gasteiger partial charge in [-0.05, 0) is 42.7 Å². The molecule has 4 rings (SSSR count). The number of hydrogen-bond acceptors (Lipinski definition) is 5. The van der Waals surface area contributed by atoms with E-state index in [0.29, 0.717) is 26.1 Å². The molecule has 2 aromatic rings. The Morgan fingerprint density at radius 3 is 2.50 bits per heavy atom. The molecule has 170 valence electrons. The van der Waals surface area contributed by atoms with Gasteiger partial charge in [0.15, 0.2) is 0 Å². The summed E-state index contributed by atoms with van der Waals surface area (Å²) in [4.78, 5) is 23.9. The van der Waals surface area contributed by atoms with Crippen LogP contribution in [0.25, 0.3) is 0 Å². The lowest BCUT2D eigenvalue weighted by molar-refractivity contribution is -0.117. The Balaban J connectivity index is 1.32. The quantitative estimate of drug-likeness (QED) is 0.589. The Hall–Kier alpha value is -2.91. The molecule has 2 unspecified atom stereocenters. The summed E-state index contributed by atoms with van der Waals surface area (Å²) in [6.07, 6.45) is 4.59. The Morgan fingerprint density at radius 1 is 1.16 bits per heavy atom. The fraction of sp³-hybridized carbons (Fsp3) is 0.391. The molecule has 0 bridgehead atoms. The van der Waals surface area contributed by atoms with E-state index in [1.165, 1.54) is 22.7 Å². The van der Waals surface area contributed by atoms with Crippen LogP contribution in [0.4, 0.5) is 0 Å². The molecule has 2 fully saturated rings. The summed E-state index contributed by atoms with van der Waals surface area (Å²) in [5, 5.41) is 5.47. The predicted molar refractivity (Wildman–Crippen MR) is 118 cm³/mol. The van der Waals surface area contributed by atoms with Crippen molar-refractivity contribution in [1.29, 1.82) is 0 Å². The standard InChI is InChI=1S/C23H27N3O5S/c1-2-21(27)25-20-10-17-13-26(14-18(17)11-20)32(29,30)22-12-19(15-31-22)23(28)24-9-8-16-6-4-3-5-7-16/h2-7,12,15,17-18,20H,1,8-11,13-14H2,(H,24,28)(H,25,27). The van der Waals surface area contributed by atoms with Crippen LogP contribution in [0.3, 0.4) is 0 Å². The number of nitrogens with zero attached hydrogens (tertiary/aromatic N) is 1. The van der Waals surface area contributed by atoms with Crippen molar-refractivity contribution in [2.75, 3.05) is 19.6 Å². The van der Waals surface area contributed by atoms with E-state index in [4.69, 9.17) is 4.42 Å². The summed E-state index contributed by atoms with van der Waals surface area (Å²) in [6.45, 7) is 4.66. The highest BCUT2D eigenvalue weighted by Crippen LogP contribution is 2.40. The van der Waals surface area contributed by atoms with Gasteiger partial charge in [-0.3, -0.25) is 9.59 Å². The van der Waals surface area contributed by atoms with Crippen molar-refractivity contribution in [1.82, 2.24) is 14.9 Å². The number of nitrogens with one attached hydrogen (secondary N) is 2. The molecule has 2 atom stereocenters. The number of amides is 2. The number of rotatable bonds is 8. The minimum absolute atomic E-state index is 0.0511. The Labute approximate surface area is 187 Å². The zero-order chi connectivity index (χ0) is 22.7. The molecule has 32 heavy (non-hydrogen) atoms. The van der Waals surface area contributed by atoms with E-state index in [-0.39, 0.29) is 40.3 Å². The zero-order valence-corrected chi connectivity index (χ0v) is 18.5. The monoisotopic (exact) mass is 457 g/mol. The summed E-state index contributed by atoms with van der Waals surface area (Å²) < 4.78 is 32.7. The van der Waals surface area contributed by atoms with Crippen molar-refractivity contribution < 1.29 is 22.4 Å². The number of hydrogen-bond donors (Lipinski definition) is 2. The molecule has 9 heteroatoms. The third kappa shape index (κ3) is 4.78. The molecule has 1 aliphatic heterocycles. The predicted octanol–water partition coefficient (Wildman–Crippen LogP) is 1.95. The first kappa shape index (κ1) is 22.3. The van der Waals surface area contributed by atoms with Gasteiger partial charge >= 0.3 is 0 Å². The van der Waals surface area contributed by atoms with Gasteiger partial charge in [0, 0.05) is 31.7 Å². The van der Waals surface area contributed by atoms with Gasteiger partial charge in [-0.1, -0.05) is 36.9 Å². The third-order valence-corrected chi connectivity index (χ3v) is 7.92. The Bertz CT molecular complexity index is 1080. The highest BCUT2D eigenvalue weighted by atomic mass is 32.2. The fourth-order valence-corrected chi connectivity index (χ4v) is 6.07. The normalized spacial score (nSPS) is 22.9. The van der Waals surface area contributed by atoms with Gasteiger partial charge in [0.1, 0.15) is 6.26 Å². The van der Waals surface area contributed by atoms with E-state index < -0.39 is 10.0 Å². The topological polar surface area (TPSA) is 109 Å². The number of furan rings is 1. The number of carbonyl (C=O) groups excluding carboxylic acids is 2. The average Bonchev–Trinajstić information content (AvgIpc) is 3.50. The lowest BCUT2D eigenvalue weighted by Gasteiger charge is -2.18. The molecular formula is C23H27N3O5S. The highest BCUT2D eigenvalue weighted by molar-refractivity contribution is 7.89. The summed E-state index contributed by atoms with van der Waals surface area (Å²) in [7, 11) is -3.82. The summed E-state index contributed by atoms with van der Waals surface area (Å²) in [6, 6.07) is 11.1. The van der Waals surface area contributed by atoms with E-state index >= 15 is 0 Å². The van der Waals surface area contributed by atoms with Crippen LogP contribution in [0.2, 0.25) is 0 Å². The molecule has 1 aliphatic carbocycles. The van der Waals surface area contributed by atoms with Crippen molar-refractivity contribution in [3.63, 3.8) is 0 Å². The second kappa shape index (κ2) is 9.30. The maximum absolute atomic E-state index is 13.0. The fourth-order valence-electron chi connectivity index (χ4n) is 4.60. The van der Waals surface area contributed by atoms with Gasteiger partial charge in [0.05, 0.1) is 5.56 Å². The minimum atomic E-state index is -3.82. The lowest BCUT2D eigenvalue weighted by atomic mass is 10.0. The van der Waals surface area contributed by atoms with Crippen molar-refractivity contribution in [3.8, 4) is 0 Å². The van der Waals surface area contributed by atoms with E-state index in [1.54, 1.807) is 0 Å². The second-order valence-electron chi connectivity index (χ2n) is 8.37. The molecule has 1 aromatic carbocycles. The number of carbonyl (C=O) groups is 2. The summed E-state index contributed by atoms with van der Waals surface area (Å²) in [5.41, 5.74) is 1.29. The molecule has 2 amide bonds. The smallest absolute Gasteiger partial charge is 0.276 e. The Morgan fingerprint density at radius 2 is 1.84 bits per heavy atom. The van der Waals surface area contributed by atoms with Crippen molar-refractivity contribution in [3.05, 3.63) is 66.4 Å². The molecule has 2 aliphatic rings. The minimum Gasteiger partial charge on any atom is -0.451 e. The van der Waals surface area contributed by atoms with E-state index in [1.807, 2.05) is 30.3 Å². The molecule has 1 aromatic heterocycles. The van der Waals surface area contributed by atoms with Crippen LogP contribution < -0.4 is 10.6 Å². The summed E-state index contributed by atoms with van der Waals surface area (Å²) >= 11 is 0. The number of sulfonamides is 1. The SMILES string of the molecule is C=CC(=O)NC1CC2CN(S(=O)(=O)c3cc(C(=O)NCCc4ccccc4)co3)CC2C1. The zero-order valence-electron chi connectivity index (χ0n) is 17.7. The van der Waals surface area contributed by atoms with E-state index in [0.717, 1.165) is 18.4 Å². The molecule has 1 saturated carbocycles. The maximum Gasteiger partial charge on any atom is 0.276 e. The van der Waals surface area contributed by atoms with Crippen molar-refractivity contribution >= 4 is 21.8 Å². The van der Waals surface area contributed by atoms with Gasteiger partial charge in [0.2, 0.25) is 11.0 Å². The Kier molecular flexibility index (Phi) is 6.48. The van der Waals surface area contributed by atoms with Gasteiger partial charge in [-0.15, -0.1) is 0 Å². The molecular weight excluding hydrogens is 430 g/mol. The second-order valence-corrected chi connectivity index (χ2v) is 10.2. The van der Waals surface area contributed by atoms with Crippen LogP contribution in [0.15, 0.2) is 64.8 Å². The first-order valence-corrected chi connectivity index (χ1v) is 12.1. The molecule has 2 N–H and O–H groups in total. The molecule has 2 heterocycles. The molecule has 0 spiro atoms. The van der Waals surface area contributed by atoms with Crippen LogP contribution in [0, 0.1) is 11.8 Å². The lowest BCUT2D eigenvalue weighted by Crippen LogP contribution is -2.35. The van der Waals surface area contributed by atoms with Crippen LogP contribution in [0.5, 0.6) is 0 Å². The van der Waals surface area contributed by atoms with Gasteiger partial charge < -0.3 is 15.1 Å². The largest absolute Gasteiger partial charge is 0.451 e. The third-order valence-electron chi connectivity index (χ3n) is 6.22. The van der Waals surface area contributed by atoms with E-state index in [2.05, 4.69) is 17.2 Å². The molecule has 0 radical (unpaired) electrons. The van der Waals surface area contributed by atoms with Crippen LogP contribution >= 0.6 is 0 Å². The first-order valence-electron chi connectivity index (χ1n) is 10.7. The number of benzene rings is 1. The van der Waals surface area contributed by atoms with Crippen molar-refractivity contribution in [2.24, 2.45) is 11.8 Å². The van der Waals surface area contributed by atoms with Crippen LogP contribution in [0.1, 0.15) is 28.8 Å². The van der Waals surface area contributed by atoms with Gasteiger partial charge in [-0.25, -0.2) is 8.42 Å². The molecule has 8 nitrogen and oxygen atoms in total. The summed E-state index contributed by atoms with van der Waals surface area (Å²) in [5.74, 6) is -0.193.